The van der Waals surface area contributed by atoms with E-state index in [2.05, 4.69) is 6.58 Å². The predicted octanol–water partition coefficient (Wildman–Crippen LogP) is 3.10. The third-order valence-electron chi connectivity index (χ3n) is 1.77. The molecular formula is C13H14O2. The van der Waals surface area contributed by atoms with Gasteiger partial charge >= 0.3 is 0 Å². The summed E-state index contributed by atoms with van der Waals surface area (Å²) >= 11 is 0. The van der Waals surface area contributed by atoms with Gasteiger partial charge in [0.05, 0.1) is 6.26 Å². The average Bonchev–Trinajstić information content (AvgIpc) is 2.84. The highest BCUT2D eigenvalue weighted by Crippen LogP contribution is 1.97. The molecule has 1 heterocycles. The van der Waals surface area contributed by atoms with Gasteiger partial charge in [-0.1, -0.05) is 43.0 Å². The van der Waals surface area contributed by atoms with Crippen LogP contribution < -0.4 is 0 Å². The molecule has 0 saturated carbocycles. The molecule has 0 aliphatic rings. The van der Waals surface area contributed by atoms with Crippen molar-refractivity contribution < 1.29 is 9.52 Å². The lowest BCUT2D eigenvalue weighted by molar-refractivity contribution is 0.247. The summed E-state index contributed by atoms with van der Waals surface area (Å²) in [7, 11) is 0. The third-order valence-corrected chi connectivity index (χ3v) is 1.77. The normalized spacial score (nSPS) is 8.87. The SMILES string of the molecule is C=Cc1ccccc1.OCc1ccco1. The Hall–Kier alpha value is -1.80. The largest absolute Gasteiger partial charge is 0.467 e. The molecule has 0 atom stereocenters. The molecule has 0 aliphatic heterocycles. The molecule has 15 heavy (non-hydrogen) atoms. The van der Waals surface area contributed by atoms with Crippen molar-refractivity contribution in [2.24, 2.45) is 0 Å². The maximum atomic E-state index is 8.33. The highest BCUT2D eigenvalue weighted by molar-refractivity contribution is 5.45. The first-order chi connectivity index (χ1) is 7.36. The lowest BCUT2D eigenvalue weighted by Gasteiger charge is -1.85. The molecule has 2 heteroatoms. The molecule has 1 aromatic heterocycles. The summed E-state index contributed by atoms with van der Waals surface area (Å²) in [5, 5.41) is 8.33. The number of aliphatic hydroxyl groups excluding tert-OH is 1. The van der Waals surface area contributed by atoms with Crippen LogP contribution in [-0.2, 0) is 6.61 Å². The number of hydrogen-bond donors (Lipinski definition) is 1. The van der Waals surface area contributed by atoms with Crippen molar-refractivity contribution >= 4 is 6.08 Å². The molecule has 0 spiro atoms. The number of benzene rings is 1. The Kier molecular flexibility index (Phi) is 4.98. The third kappa shape index (κ3) is 4.29. The molecular weight excluding hydrogens is 188 g/mol. The second-order valence-electron chi connectivity index (χ2n) is 2.85. The van der Waals surface area contributed by atoms with Crippen molar-refractivity contribution in [3.63, 3.8) is 0 Å². The highest BCUT2D eigenvalue weighted by Gasteiger charge is 1.85. The van der Waals surface area contributed by atoms with E-state index in [0.29, 0.717) is 5.76 Å². The molecule has 0 radical (unpaired) electrons. The van der Waals surface area contributed by atoms with E-state index in [1.54, 1.807) is 12.1 Å². The van der Waals surface area contributed by atoms with E-state index in [9.17, 15) is 0 Å². The summed E-state index contributed by atoms with van der Waals surface area (Å²) < 4.78 is 4.73. The number of furan rings is 1. The van der Waals surface area contributed by atoms with Crippen LogP contribution in [-0.4, -0.2) is 5.11 Å². The minimum absolute atomic E-state index is 0.00694. The fraction of sp³-hybridized carbons (Fsp3) is 0.0769. The van der Waals surface area contributed by atoms with Gasteiger partial charge in [-0.2, -0.15) is 0 Å². The number of aliphatic hydroxyl groups is 1. The van der Waals surface area contributed by atoms with Crippen LogP contribution in [0.5, 0.6) is 0 Å². The van der Waals surface area contributed by atoms with Crippen molar-refractivity contribution in [3.8, 4) is 0 Å². The van der Waals surface area contributed by atoms with E-state index >= 15 is 0 Å². The van der Waals surface area contributed by atoms with Crippen LogP contribution in [0, 0.1) is 0 Å². The number of hydrogen-bond acceptors (Lipinski definition) is 2. The van der Waals surface area contributed by atoms with Crippen molar-refractivity contribution in [2.75, 3.05) is 0 Å². The molecule has 0 saturated heterocycles. The summed E-state index contributed by atoms with van der Waals surface area (Å²) in [4.78, 5) is 0. The Morgan fingerprint density at radius 2 is 1.87 bits per heavy atom. The maximum Gasteiger partial charge on any atom is 0.129 e. The molecule has 0 bridgehead atoms. The summed E-state index contributed by atoms with van der Waals surface area (Å²) in [6, 6.07) is 13.5. The monoisotopic (exact) mass is 202 g/mol. The van der Waals surface area contributed by atoms with Gasteiger partial charge in [0.25, 0.3) is 0 Å². The Balaban J connectivity index is 0.000000151. The standard InChI is InChI=1S/C8H8.C5H6O2/c1-2-8-6-4-3-5-7-8;6-4-5-2-1-3-7-5/h2-7H,1H2;1-3,6H,4H2. The van der Waals surface area contributed by atoms with Crippen molar-refractivity contribution in [3.05, 3.63) is 66.6 Å². The first-order valence-electron chi connectivity index (χ1n) is 4.67. The minimum Gasteiger partial charge on any atom is -0.467 e. The molecule has 2 rings (SSSR count). The van der Waals surface area contributed by atoms with Crippen LogP contribution >= 0.6 is 0 Å². The van der Waals surface area contributed by atoms with E-state index in [-0.39, 0.29) is 6.61 Å². The Morgan fingerprint density at radius 3 is 2.20 bits per heavy atom. The zero-order valence-electron chi connectivity index (χ0n) is 8.47. The summed E-state index contributed by atoms with van der Waals surface area (Å²) in [6.45, 7) is 3.62. The van der Waals surface area contributed by atoms with Crippen LogP contribution in [0.25, 0.3) is 6.08 Å². The van der Waals surface area contributed by atoms with E-state index in [4.69, 9.17) is 9.52 Å². The van der Waals surface area contributed by atoms with E-state index in [1.165, 1.54) is 11.8 Å². The highest BCUT2D eigenvalue weighted by atomic mass is 16.4. The van der Waals surface area contributed by atoms with Crippen molar-refractivity contribution in [1.29, 1.82) is 0 Å². The smallest absolute Gasteiger partial charge is 0.129 e. The number of rotatable bonds is 2. The average molecular weight is 202 g/mol. The maximum absolute atomic E-state index is 8.33. The topological polar surface area (TPSA) is 33.4 Å². The second-order valence-corrected chi connectivity index (χ2v) is 2.85. The van der Waals surface area contributed by atoms with Gasteiger partial charge in [0.15, 0.2) is 0 Å². The van der Waals surface area contributed by atoms with Crippen LogP contribution in [0.2, 0.25) is 0 Å². The van der Waals surface area contributed by atoms with Crippen LogP contribution in [0.1, 0.15) is 11.3 Å². The van der Waals surface area contributed by atoms with Gasteiger partial charge < -0.3 is 9.52 Å². The lowest BCUT2D eigenvalue weighted by atomic mass is 10.2. The molecule has 0 fully saturated rings. The fourth-order valence-corrected chi connectivity index (χ4v) is 0.992. The van der Waals surface area contributed by atoms with Gasteiger partial charge in [-0.15, -0.1) is 0 Å². The minimum atomic E-state index is -0.00694. The zero-order chi connectivity index (χ0) is 10.9. The second kappa shape index (κ2) is 6.62. The zero-order valence-corrected chi connectivity index (χ0v) is 8.47. The summed E-state index contributed by atoms with van der Waals surface area (Å²) in [5.41, 5.74) is 1.17. The lowest BCUT2D eigenvalue weighted by Crippen LogP contribution is -1.72. The van der Waals surface area contributed by atoms with Gasteiger partial charge in [0.2, 0.25) is 0 Å². The van der Waals surface area contributed by atoms with Gasteiger partial charge in [-0.3, -0.25) is 0 Å². The first-order valence-corrected chi connectivity index (χ1v) is 4.67. The molecule has 0 unspecified atom stereocenters. The molecule has 0 aliphatic carbocycles. The fourth-order valence-electron chi connectivity index (χ4n) is 0.992. The first kappa shape index (κ1) is 11.3. The Morgan fingerprint density at radius 1 is 1.13 bits per heavy atom. The van der Waals surface area contributed by atoms with Crippen LogP contribution in [0.15, 0.2) is 59.7 Å². The molecule has 78 valence electrons. The summed E-state index contributed by atoms with van der Waals surface area (Å²) in [5.74, 6) is 0.611. The Labute approximate surface area is 89.5 Å². The predicted molar refractivity (Wildman–Crippen MR) is 61.2 cm³/mol. The van der Waals surface area contributed by atoms with Gasteiger partial charge in [-0.05, 0) is 17.7 Å². The van der Waals surface area contributed by atoms with Gasteiger partial charge in [0.1, 0.15) is 12.4 Å². The molecule has 0 amide bonds. The quantitative estimate of drug-likeness (QED) is 0.811. The summed E-state index contributed by atoms with van der Waals surface area (Å²) in [6.07, 6.45) is 3.37. The van der Waals surface area contributed by atoms with Gasteiger partial charge in [-0.25, -0.2) is 0 Å². The van der Waals surface area contributed by atoms with Crippen LogP contribution in [0.3, 0.4) is 0 Å². The molecule has 1 N–H and O–H groups in total. The van der Waals surface area contributed by atoms with Crippen molar-refractivity contribution in [1.82, 2.24) is 0 Å². The molecule has 1 aromatic carbocycles. The Bertz CT molecular complexity index is 363. The van der Waals surface area contributed by atoms with Crippen molar-refractivity contribution in [2.45, 2.75) is 6.61 Å². The van der Waals surface area contributed by atoms with E-state index in [1.807, 2.05) is 36.4 Å². The van der Waals surface area contributed by atoms with E-state index < -0.39 is 0 Å². The van der Waals surface area contributed by atoms with Gasteiger partial charge in [0, 0.05) is 0 Å². The molecule has 2 nitrogen and oxygen atoms in total. The van der Waals surface area contributed by atoms with E-state index in [0.717, 1.165) is 0 Å². The van der Waals surface area contributed by atoms with Crippen LogP contribution in [0.4, 0.5) is 0 Å². The molecule has 2 aromatic rings.